The number of hydrogen-bond donors (Lipinski definition) is 0. The lowest BCUT2D eigenvalue weighted by Crippen LogP contribution is -2.50. The molecule has 0 radical (unpaired) electrons. The summed E-state index contributed by atoms with van der Waals surface area (Å²) in [7, 11) is 4.12. The van der Waals surface area contributed by atoms with Crippen LogP contribution >= 0.6 is 0 Å². The fourth-order valence-electron chi connectivity index (χ4n) is 3.94. The van der Waals surface area contributed by atoms with E-state index in [1.54, 1.807) is 0 Å². The Kier molecular flexibility index (Phi) is 4.62. The van der Waals surface area contributed by atoms with E-state index in [0.717, 1.165) is 52.4 Å². The molecule has 25 heavy (non-hydrogen) atoms. The molecule has 1 atom stereocenters. The van der Waals surface area contributed by atoms with E-state index in [-0.39, 0.29) is 0 Å². The minimum atomic E-state index is 0.501. The van der Waals surface area contributed by atoms with Gasteiger partial charge in [0.2, 0.25) is 0 Å². The van der Waals surface area contributed by atoms with E-state index in [2.05, 4.69) is 38.4 Å². The second-order valence-corrected chi connectivity index (χ2v) is 7.30. The Morgan fingerprint density at radius 1 is 1.24 bits per heavy atom. The van der Waals surface area contributed by atoms with Gasteiger partial charge in [-0.15, -0.1) is 0 Å². The van der Waals surface area contributed by atoms with Crippen molar-refractivity contribution in [2.75, 3.05) is 32.8 Å². The molecule has 0 N–H and O–H groups in total. The van der Waals surface area contributed by atoms with E-state index in [4.69, 9.17) is 4.74 Å². The van der Waals surface area contributed by atoms with E-state index in [1.807, 2.05) is 24.3 Å². The normalized spacial score (nSPS) is 22.3. The van der Waals surface area contributed by atoms with Crippen molar-refractivity contribution in [1.29, 1.82) is 0 Å². The first-order chi connectivity index (χ1) is 12.1. The molecule has 136 valence electrons. The Morgan fingerprint density at radius 2 is 2.04 bits per heavy atom. The average molecular weight is 344 g/mol. The van der Waals surface area contributed by atoms with Gasteiger partial charge in [-0.05, 0) is 6.92 Å². The van der Waals surface area contributed by atoms with Gasteiger partial charge in [0, 0.05) is 76.2 Å². The number of rotatable bonds is 4. The molecule has 0 bridgehead atoms. The molecule has 1 saturated heterocycles. The van der Waals surface area contributed by atoms with Crippen molar-refractivity contribution >= 4 is 0 Å². The van der Waals surface area contributed by atoms with Gasteiger partial charge in [0.25, 0.3) is 0 Å². The van der Waals surface area contributed by atoms with Crippen LogP contribution in [0.15, 0.2) is 12.5 Å². The number of ether oxygens (including phenoxy) is 1. The van der Waals surface area contributed by atoms with Crippen molar-refractivity contribution in [3.8, 4) is 0 Å². The Bertz CT molecular complexity index is 730. The number of fused-ring (bicyclic) bond motifs is 1. The molecule has 2 aromatic rings. The largest absolute Gasteiger partial charge is 0.379 e. The molecule has 2 aromatic heterocycles. The summed E-state index contributed by atoms with van der Waals surface area (Å²) in [5.74, 6) is 0. The van der Waals surface area contributed by atoms with Gasteiger partial charge in [-0.1, -0.05) is 0 Å². The van der Waals surface area contributed by atoms with Crippen molar-refractivity contribution in [3.63, 3.8) is 0 Å². The lowest BCUT2D eigenvalue weighted by molar-refractivity contribution is 0.0179. The van der Waals surface area contributed by atoms with Gasteiger partial charge in [0.15, 0.2) is 0 Å². The highest BCUT2D eigenvalue weighted by Crippen LogP contribution is 2.25. The topological polar surface area (TPSA) is 51.4 Å². The van der Waals surface area contributed by atoms with Gasteiger partial charge < -0.3 is 9.30 Å². The molecule has 1 unspecified atom stereocenters. The number of imidazole rings is 1. The van der Waals surface area contributed by atoms with Gasteiger partial charge >= 0.3 is 0 Å². The van der Waals surface area contributed by atoms with Gasteiger partial charge in [0.1, 0.15) is 0 Å². The summed E-state index contributed by atoms with van der Waals surface area (Å²) < 4.78 is 9.66. The standard InChI is InChI=1S/C18H28N6O/c1-14-15(9-20-22(14)3)10-24-12-17-18(21(2)13-19-17)8-16(24)11-23-4-6-25-7-5-23/h9,13,16H,4-8,10-12H2,1-3H3. The number of morpholine rings is 1. The number of hydrogen-bond acceptors (Lipinski definition) is 5. The van der Waals surface area contributed by atoms with E-state index in [0.29, 0.717) is 6.04 Å². The molecule has 0 aromatic carbocycles. The molecule has 0 saturated carbocycles. The maximum absolute atomic E-state index is 5.51. The first-order valence-electron chi connectivity index (χ1n) is 9.12. The zero-order valence-corrected chi connectivity index (χ0v) is 15.5. The number of aromatic nitrogens is 4. The second kappa shape index (κ2) is 6.90. The molecule has 0 spiro atoms. The summed E-state index contributed by atoms with van der Waals surface area (Å²) in [5, 5.41) is 4.41. The fraction of sp³-hybridized carbons (Fsp3) is 0.667. The van der Waals surface area contributed by atoms with Gasteiger partial charge in [0.05, 0.1) is 31.4 Å². The molecule has 7 heteroatoms. The Balaban J connectivity index is 1.55. The van der Waals surface area contributed by atoms with Crippen molar-refractivity contribution in [2.24, 2.45) is 14.1 Å². The zero-order chi connectivity index (χ0) is 17.4. The second-order valence-electron chi connectivity index (χ2n) is 7.30. The maximum atomic E-state index is 5.51. The van der Waals surface area contributed by atoms with Crippen molar-refractivity contribution < 1.29 is 4.74 Å². The third-order valence-electron chi connectivity index (χ3n) is 5.73. The van der Waals surface area contributed by atoms with Crippen LogP contribution in [0.4, 0.5) is 0 Å². The summed E-state index contributed by atoms with van der Waals surface area (Å²) in [6.45, 7) is 8.87. The van der Waals surface area contributed by atoms with Crippen LogP contribution in [-0.4, -0.2) is 68.0 Å². The van der Waals surface area contributed by atoms with Gasteiger partial charge in [-0.25, -0.2) is 4.98 Å². The van der Waals surface area contributed by atoms with Crippen molar-refractivity contribution in [2.45, 2.75) is 32.5 Å². The first-order valence-corrected chi connectivity index (χ1v) is 9.12. The van der Waals surface area contributed by atoms with Gasteiger partial charge in [-0.3, -0.25) is 14.5 Å². The third kappa shape index (κ3) is 3.36. The molecular weight excluding hydrogens is 316 g/mol. The van der Waals surface area contributed by atoms with Crippen molar-refractivity contribution in [3.05, 3.63) is 35.2 Å². The Labute approximate surface area is 149 Å². The predicted octanol–water partition coefficient (Wildman–Crippen LogP) is 0.721. The van der Waals surface area contributed by atoms with E-state index in [9.17, 15) is 0 Å². The summed E-state index contributed by atoms with van der Waals surface area (Å²) >= 11 is 0. The first kappa shape index (κ1) is 16.8. The Hall–Kier alpha value is -1.70. The molecule has 4 heterocycles. The van der Waals surface area contributed by atoms with Crippen LogP contribution in [0.3, 0.4) is 0 Å². The fourth-order valence-corrected chi connectivity index (χ4v) is 3.94. The van der Waals surface area contributed by atoms with Crippen LogP contribution in [0, 0.1) is 6.92 Å². The van der Waals surface area contributed by atoms with Crippen molar-refractivity contribution in [1.82, 2.24) is 29.1 Å². The molecule has 0 amide bonds. The quantitative estimate of drug-likeness (QED) is 0.818. The number of nitrogens with zero attached hydrogens (tertiary/aromatic N) is 6. The average Bonchev–Trinajstić information content (AvgIpc) is 3.13. The molecule has 7 nitrogen and oxygen atoms in total. The highest BCUT2D eigenvalue weighted by atomic mass is 16.5. The van der Waals surface area contributed by atoms with Crippen LogP contribution in [0.25, 0.3) is 0 Å². The van der Waals surface area contributed by atoms with Crippen LogP contribution in [0.1, 0.15) is 22.6 Å². The Morgan fingerprint density at radius 3 is 2.76 bits per heavy atom. The lowest BCUT2D eigenvalue weighted by atomic mass is 10.0. The van der Waals surface area contributed by atoms with E-state index >= 15 is 0 Å². The molecule has 0 aliphatic carbocycles. The molecule has 2 aliphatic rings. The number of aryl methyl sites for hydroxylation is 2. The lowest BCUT2D eigenvalue weighted by Gasteiger charge is -2.39. The van der Waals surface area contributed by atoms with Crippen LogP contribution in [0.5, 0.6) is 0 Å². The maximum Gasteiger partial charge on any atom is 0.0949 e. The highest BCUT2D eigenvalue weighted by Gasteiger charge is 2.31. The third-order valence-corrected chi connectivity index (χ3v) is 5.73. The smallest absolute Gasteiger partial charge is 0.0949 e. The SMILES string of the molecule is Cc1c(CN2Cc3ncn(C)c3CC2CN2CCOCC2)cnn1C. The predicted molar refractivity (Wildman–Crippen MR) is 95.2 cm³/mol. The summed E-state index contributed by atoms with van der Waals surface area (Å²) in [6.07, 6.45) is 5.02. The van der Waals surface area contributed by atoms with Crippen LogP contribution in [0.2, 0.25) is 0 Å². The van der Waals surface area contributed by atoms with Gasteiger partial charge in [-0.2, -0.15) is 5.10 Å². The summed E-state index contributed by atoms with van der Waals surface area (Å²) in [5.41, 5.74) is 5.17. The monoisotopic (exact) mass is 344 g/mol. The minimum absolute atomic E-state index is 0.501. The van der Waals surface area contributed by atoms with Crippen LogP contribution in [-0.2, 0) is 38.3 Å². The summed E-state index contributed by atoms with van der Waals surface area (Å²) in [4.78, 5) is 9.74. The zero-order valence-electron chi connectivity index (χ0n) is 15.5. The molecule has 1 fully saturated rings. The van der Waals surface area contributed by atoms with Crippen LogP contribution < -0.4 is 0 Å². The summed E-state index contributed by atoms with van der Waals surface area (Å²) in [6, 6.07) is 0.501. The molecule has 4 rings (SSSR count). The minimum Gasteiger partial charge on any atom is -0.379 e. The van der Waals surface area contributed by atoms with E-state index in [1.165, 1.54) is 22.6 Å². The molecule has 2 aliphatic heterocycles. The molecular formula is C18H28N6O. The van der Waals surface area contributed by atoms with E-state index < -0.39 is 0 Å². The highest BCUT2D eigenvalue weighted by molar-refractivity contribution is 5.21.